The van der Waals surface area contributed by atoms with E-state index < -0.39 is 11.1 Å². The standard InChI is InChI=1S/C30H31N7O3/c38-19-24(23-9-3-6-12-31-23)37-30(10-4-1-2-5-11-30)34-18-26(39)35-25-14-20-15-29(16-21(20)17-33-25)22-8-7-13-32-27(22)36-28(29)40/h3,6-9,12-14,17,19,34H,1-2,4-5,10-11,15-16,18H2,(H,32,36,40)(H,33,35,39). The lowest BCUT2D eigenvalue weighted by atomic mass is 9.79. The molecule has 40 heavy (non-hydrogen) atoms. The Morgan fingerprint density at radius 3 is 2.58 bits per heavy atom. The quantitative estimate of drug-likeness (QED) is 0.239. The van der Waals surface area contributed by atoms with Crippen molar-refractivity contribution in [3.63, 3.8) is 0 Å². The summed E-state index contributed by atoms with van der Waals surface area (Å²) in [6, 6.07) is 11.0. The van der Waals surface area contributed by atoms with Gasteiger partial charge in [0, 0.05) is 24.2 Å². The number of carbonyl (C=O) groups is 3. The predicted octanol–water partition coefficient (Wildman–Crippen LogP) is 3.13. The maximum atomic E-state index is 13.1. The van der Waals surface area contributed by atoms with Crippen molar-refractivity contribution in [3.05, 3.63) is 77.4 Å². The molecule has 2 aliphatic carbocycles. The highest BCUT2D eigenvalue weighted by molar-refractivity contribution is 6.35. The van der Waals surface area contributed by atoms with Gasteiger partial charge in [-0.2, -0.15) is 0 Å². The summed E-state index contributed by atoms with van der Waals surface area (Å²) in [6.07, 6.45) is 12.4. The Kier molecular flexibility index (Phi) is 6.93. The van der Waals surface area contributed by atoms with E-state index in [9.17, 15) is 14.4 Å². The van der Waals surface area contributed by atoms with Crippen molar-refractivity contribution in [1.82, 2.24) is 20.3 Å². The average Bonchev–Trinajstić information content (AvgIpc) is 3.38. The Morgan fingerprint density at radius 2 is 1.80 bits per heavy atom. The lowest BCUT2D eigenvalue weighted by Crippen LogP contribution is -2.47. The van der Waals surface area contributed by atoms with E-state index in [0.717, 1.165) is 61.5 Å². The minimum Gasteiger partial charge on any atom is -0.310 e. The molecule has 3 aromatic rings. The van der Waals surface area contributed by atoms with Gasteiger partial charge >= 0.3 is 0 Å². The van der Waals surface area contributed by atoms with Crippen LogP contribution in [0.15, 0.2) is 60.0 Å². The second-order valence-electron chi connectivity index (χ2n) is 10.8. The molecule has 0 bridgehead atoms. The largest absolute Gasteiger partial charge is 0.310 e. The number of hydrogen-bond acceptors (Lipinski definition) is 8. The fourth-order valence-corrected chi connectivity index (χ4v) is 6.18. The highest BCUT2D eigenvalue weighted by Gasteiger charge is 2.51. The van der Waals surface area contributed by atoms with E-state index in [-0.39, 0.29) is 24.1 Å². The van der Waals surface area contributed by atoms with E-state index >= 15 is 0 Å². The first-order valence-electron chi connectivity index (χ1n) is 13.8. The SMILES string of the molecule is O=CC(=NC1(NCC(=O)Nc2cc3c(cn2)CC2(C3)C(=O)Nc3ncccc32)CCCCCC1)c1ccccn1. The minimum atomic E-state index is -0.726. The summed E-state index contributed by atoms with van der Waals surface area (Å²) in [5.74, 6) is 0.746. The van der Waals surface area contributed by atoms with Crippen LogP contribution in [0.5, 0.6) is 0 Å². The molecule has 1 saturated carbocycles. The number of carbonyl (C=O) groups excluding carboxylic acids is 3. The van der Waals surface area contributed by atoms with Gasteiger partial charge < -0.3 is 10.6 Å². The smallest absolute Gasteiger partial charge is 0.239 e. The second-order valence-corrected chi connectivity index (χ2v) is 10.8. The maximum absolute atomic E-state index is 13.1. The average molecular weight is 538 g/mol. The molecule has 1 fully saturated rings. The summed E-state index contributed by atoms with van der Waals surface area (Å²) in [6.45, 7) is 0.0159. The molecule has 1 aliphatic heterocycles. The molecule has 3 N–H and O–H groups in total. The summed E-state index contributed by atoms with van der Waals surface area (Å²) in [4.78, 5) is 55.9. The van der Waals surface area contributed by atoms with Crippen molar-refractivity contribution in [2.45, 2.75) is 62.4 Å². The summed E-state index contributed by atoms with van der Waals surface area (Å²) >= 11 is 0. The zero-order valence-electron chi connectivity index (χ0n) is 22.2. The third-order valence-electron chi connectivity index (χ3n) is 8.21. The number of pyridine rings is 3. The molecule has 3 aromatic heterocycles. The highest BCUT2D eigenvalue weighted by atomic mass is 16.2. The normalized spacial score (nSPS) is 21.3. The number of aldehydes is 1. The molecule has 0 radical (unpaired) electrons. The first kappa shape index (κ1) is 25.9. The first-order valence-corrected chi connectivity index (χ1v) is 13.8. The third-order valence-corrected chi connectivity index (χ3v) is 8.21. The van der Waals surface area contributed by atoms with Crippen LogP contribution >= 0.6 is 0 Å². The fourth-order valence-electron chi connectivity index (χ4n) is 6.18. The van der Waals surface area contributed by atoms with Gasteiger partial charge in [0.15, 0.2) is 6.29 Å². The van der Waals surface area contributed by atoms with Crippen LogP contribution in [0, 0.1) is 0 Å². The number of rotatable bonds is 7. The minimum absolute atomic E-state index is 0.0159. The van der Waals surface area contributed by atoms with Crippen LogP contribution in [-0.4, -0.2) is 51.0 Å². The predicted molar refractivity (Wildman–Crippen MR) is 150 cm³/mol. The Hall–Kier alpha value is -4.31. The molecular formula is C30H31N7O3. The van der Waals surface area contributed by atoms with Gasteiger partial charge in [0.25, 0.3) is 0 Å². The van der Waals surface area contributed by atoms with Crippen molar-refractivity contribution in [3.8, 4) is 0 Å². The molecule has 10 nitrogen and oxygen atoms in total. The van der Waals surface area contributed by atoms with Crippen LogP contribution in [0.25, 0.3) is 0 Å². The van der Waals surface area contributed by atoms with Crippen molar-refractivity contribution < 1.29 is 14.4 Å². The Bertz CT molecular complexity index is 1480. The molecule has 3 aliphatic rings. The van der Waals surface area contributed by atoms with Crippen LogP contribution in [0.2, 0.25) is 0 Å². The van der Waals surface area contributed by atoms with Gasteiger partial charge in [-0.25, -0.2) is 9.97 Å². The molecule has 2 amide bonds. The molecule has 1 atom stereocenters. The number of anilines is 2. The van der Waals surface area contributed by atoms with Crippen molar-refractivity contribution in [2.75, 3.05) is 17.2 Å². The van der Waals surface area contributed by atoms with Crippen LogP contribution < -0.4 is 16.0 Å². The number of fused-ring (bicyclic) bond motifs is 3. The number of nitrogens with zero attached hydrogens (tertiary/aromatic N) is 4. The number of aromatic nitrogens is 3. The van der Waals surface area contributed by atoms with Crippen LogP contribution in [0.3, 0.4) is 0 Å². The van der Waals surface area contributed by atoms with Gasteiger partial charge in [-0.15, -0.1) is 0 Å². The number of amides is 2. The molecule has 6 rings (SSSR count). The van der Waals surface area contributed by atoms with E-state index in [1.54, 1.807) is 30.7 Å². The lowest BCUT2D eigenvalue weighted by Gasteiger charge is -2.30. The van der Waals surface area contributed by atoms with Crippen LogP contribution in [0.1, 0.15) is 60.9 Å². The topological polar surface area (TPSA) is 138 Å². The van der Waals surface area contributed by atoms with E-state index in [4.69, 9.17) is 4.99 Å². The lowest BCUT2D eigenvalue weighted by molar-refractivity contribution is -0.120. The molecule has 0 aromatic carbocycles. The molecule has 0 saturated heterocycles. The van der Waals surface area contributed by atoms with E-state index in [0.29, 0.717) is 30.2 Å². The van der Waals surface area contributed by atoms with Crippen LogP contribution in [-0.2, 0) is 32.6 Å². The summed E-state index contributed by atoms with van der Waals surface area (Å²) < 4.78 is 0. The van der Waals surface area contributed by atoms with Crippen molar-refractivity contribution in [2.24, 2.45) is 4.99 Å². The second kappa shape index (κ2) is 10.7. The van der Waals surface area contributed by atoms with Gasteiger partial charge in [0.1, 0.15) is 23.0 Å². The van der Waals surface area contributed by atoms with Crippen molar-refractivity contribution >= 4 is 35.4 Å². The monoisotopic (exact) mass is 537 g/mol. The van der Waals surface area contributed by atoms with E-state index in [1.807, 2.05) is 24.3 Å². The molecule has 204 valence electrons. The fraction of sp³-hybridized carbons (Fsp3) is 0.367. The van der Waals surface area contributed by atoms with E-state index in [1.165, 1.54) is 0 Å². The number of nitrogens with one attached hydrogen (secondary N) is 3. The zero-order chi connectivity index (χ0) is 27.6. The molecule has 10 heteroatoms. The van der Waals surface area contributed by atoms with Gasteiger partial charge in [0.2, 0.25) is 11.8 Å². The summed E-state index contributed by atoms with van der Waals surface area (Å²) in [7, 11) is 0. The Balaban J connectivity index is 1.16. The maximum Gasteiger partial charge on any atom is 0.239 e. The Labute approximate surface area is 232 Å². The molecule has 1 unspecified atom stereocenters. The van der Waals surface area contributed by atoms with Gasteiger partial charge in [-0.1, -0.05) is 25.0 Å². The molecular weight excluding hydrogens is 506 g/mol. The van der Waals surface area contributed by atoms with E-state index in [2.05, 4.69) is 30.9 Å². The van der Waals surface area contributed by atoms with Crippen LogP contribution in [0.4, 0.5) is 11.6 Å². The molecule has 1 spiro atoms. The van der Waals surface area contributed by atoms with Gasteiger partial charge in [0.05, 0.1) is 17.7 Å². The van der Waals surface area contributed by atoms with Gasteiger partial charge in [-0.05, 0) is 73.9 Å². The van der Waals surface area contributed by atoms with Crippen molar-refractivity contribution in [1.29, 1.82) is 0 Å². The van der Waals surface area contributed by atoms with Gasteiger partial charge in [-0.3, -0.25) is 29.7 Å². The summed E-state index contributed by atoms with van der Waals surface area (Å²) in [5.41, 5.74) is 2.26. The number of hydrogen-bond donors (Lipinski definition) is 3. The molecule has 4 heterocycles. The summed E-state index contributed by atoms with van der Waals surface area (Å²) in [5, 5.41) is 9.17. The highest BCUT2D eigenvalue weighted by Crippen LogP contribution is 2.46. The first-order chi connectivity index (χ1) is 19.5. The Morgan fingerprint density at radius 1 is 1.00 bits per heavy atom. The zero-order valence-corrected chi connectivity index (χ0v) is 22.2. The number of aliphatic imine (C=N–C) groups is 1. The third kappa shape index (κ3) is 4.90.